The van der Waals surface area contributed by atoms with Gasteiger partial charge in [-0.05, 0) is 38.1 Å². The maximum atomic E-state index is 9.84. The van der Waals surface area contributed by atoms with Crippen molar-refractivity contribution in [3.8, 4) is 0 Å². The van der Waals surface area contributed by atoms with Crippen LogP contribution in [0.15, 0.2) is 48.5 Å². The summed E-state index contributed by atoms with van der Waals surface area (Å²) in [6.45, 7) is 4.27. The minimum atomic E-state index is -8.55. The second-order valence-corrected chi connectivity index (χ2v) is 8.63. The smallest absolute Gasteiger partial charge is 1.00 e. The molecule has 0 spiro atoms. The standard InChI is InChI=1S/C14H14I.F5P.FH/c1-11-3-7-13(8-4-11)15-14-9-5-12(2)6-10-14;1-6(2,3,4)5;/h3-10H,1-2H3;;1H/q+1;;/p-1. The molecule has 0 atom stereocenters. The third kappa shape index (κ3) is 11.8. The minimum absolute atomic E-state index is 0. The molecule has 0 saturated heterocycles. The van der Waals surface area contributed by atoms with Crippen LogP contribution in [0.4, 0.5) is 21.0 Å². The summed E-state index contributed by atoms with van der Waals surface area (Å²) in [6.07, 6.45) is 0. The summed E-state index contributed by atoms with van der Waals surface area (Å²) >= 11 is 0.00313. The van der Waals surface area contributed by atoms with Gasteiger partial charge in [-0.2, -0.15) is 0 Å². The first kappa shape index (κ1) is 21.2. The number of aryl methyl sites for hydroxylation is 2. The van der Waals surface area contributed by atoms with E-state index in [2.05, 4.69) is 62.4 Å². The molecule has 0 amide bonds. The molecule has 0 nitrogen and oxygen atoms in total. The van der Waals surface area contributed by atoms with Crippen LogP contribution in [0.3, 0.4) is 0 Å². The van der Waals surface area contributed by atoms with Gasteiger partial charge in [0.2, 0.25) is 0 Å². The first-order chi connectivity index (χ1) is 9.47. The van der Waals surface area contributed by atoms with Gasteiger partial charge in [0.25, 0.3) is 0 Å². The van der Waals surface area contributed by atoms with E-state index in [1.807, 2.05) is 0 Å². The van der Waals surface area contributed by atoms with E-state index in [-0.39, 0.29) is 25.9 Å². The molecule has 0 bridgehead atoms. The minimum Gasteiger partial charge on any atom is -1.00 e. The zero-order valence-corrected chi connectivity index (χ0v) is 14.8. The number of rotatable bonds is 2. The van der Waals surface area contributed by atoms with Gasteiger partial charge in [0.15, 0.2) is 7.14 Å². The molecule has 124 valence electrons. The summed E-state index contributed by atoms with van der Waals surface area (Å²) in [5.41, 5.74) is 2.68. The fraction of sp³-hybridized carbons (Fsp3) is 0.143. The number of halogens is 7. The van der Waals surface area contributed by atoms with Crippen molar-refractivity contribution in [2.45, 2.75) is 13.8 Å². The van der Waals surface area contributed by atoms with Gasteiger partial charge in [0, 0.05) is 0 Å². The average molecular weight is 454 g/mol. The molecule has 22 heavy (non-hydrogen) atoms. The van der Waals surface area contributed by atoms with Crippen LogP contribution in [0.5, 0.6) is 0 Å². The van der Waals surface area contributed by atoms with E-state index in [1.54, 1.807) is 0 Å². The Kier molecular flexibility index (Phi) is 7.85. The molecule has 8 heteroatoms. The van der Waals surface area contributed by atoms with Crippen LogP contribution < -0.4 is 25.9 Å². The molecule has 0 aliphatic rings. The Balaban J connectivity index is 0.000000546. The van der Waals surface area contributed by atoms with Crippen LogP contribution in [0.2, 0.25) is 0 Å². The molecule has 0 N–H and O–H groups in total. The Bertz CT molecular complexity index is 515. The summed E-state index contributed by atoms with van der Waals surface area (Å²) < 4.78 is 52.2. The molecule has 0 radical (unpaired) electrons. The number of hydrogen-bond acceptors (Lipinski definition) is 0. The maximum Gasteiger partial charge on any atom is -1.00 e. The Morgan fingerprint density at radius 1 is 0.636 bits per heavy atom. The van der Waals surface area contributed by atoms with Crippen molar-refractivity contribution in [1.29, 1.82) is 0 Å². The van der Waals surface area contributed by atoms with Gasteiger partial charge in [0.1, 0.15) is 0 Å². The second-order valence-electron chi connectivity index (χ2n) is 4.32. The third-order valence-electron chi connectivity index (χ3n) is 2.24. The third-order valence-corrected chi connectivity index (χ3v) is 4.92. The molecule has 0 aromatic heterocycles. The summed E-state index contributed by atoms with van der Waals surface area (Å²) in [5, 5.41) is 0. The van der Waals surface area contributed by atoms with E-state index in [0.29, 0.717) is 0 Å². The summed E-state index contributed by atoms with van der Waals surface area (Å²) in [6, 6.07) is 17.8. The topological polar surface area (TPSA) is 0 Å². The van der Waals surface area contributed by atoms with Crippen molar-refractivity contribution in [1.82, 2.24) is 0 Å². The van der Waals surface area contributed by atoms with E-state index in [4.69, 9.17) is 0 Å². The molecule has 2 aromatic rings. The van der Waals surface area contributed by atoms with Gasteiger partial charge in [-0.15, -0.1) is 0 Å². The van der Waals surface area contributed by atoms with Crippen LogP contribution in [0, 0.1) is 21.0 Å². The van der Waals surface area contributed by atoms with Crippen molar-refractivity contribution < 1.29 is 46.9 Å². The molecular formula is C14H14F6IP. The predicted octanol–water partition coefficient (Wildman–Crippen LogP) is 0.398. The SMILES string of the molecule is Cc1ccc([I+]c2ccc(C)cc2)cc1.FP(F)(F)(F)F.[F-]. The monoisotopic (exact) mass is 454 g/mol. The quantitative estimate of drug-likeness (QED) is 0.351. The van der Waals surface area contributed by atoms with E-state index in [0.717, 1.165) is 0 Å². The van der Waals surface area contributed by atoms with Crippen LogP contribution in [0.25, 0.3) is 0 Å². The van der Waals surface area contributed by atoms with Crippen LogP contribution in [0.1, 0.15) is 11.1 Å². The number of hydrogen-bond donors (Lipinski definition) is 0. The molecule has 0 heterocycles. The molecule has 0 aliphatic carbocycles. The predicted molar refractivity (Wildman–Crippen MR) is 72.2 cm³/mol. The zero-order chi connectivity index (χ0) is 16.1. The van der Waals surface area contributed by atoms with Gasteiger partial charge in [-0.3, -0.25) is 0 Å². The zero-order valence-electron chi connectivity index (χ0n) is 11.7. The van der Waals surface area contributed by atoms with Crippen molar-refractivity contribution >= 4 is 8.16 Å². The van der Waals surface area contributed by atoms with Crippen molar-refractivity contribution in [2.75, 3.05) is 0 Å². The number of benzene rings is 2. The van der Waals surface area contributed by atoms with Crippen molar-refractivity contribution in [3.05, 3.63) is 66.8 Å². The van der Waals surface area contributed by atoms with E-state index in [1.165, 1.54) is 18.3 Å². The summed E-state index contributed by atoms with van der Waals surface area (Å²) in [5.74, 6) is 0. The maximum absolute atomic E-state index is 9.84. The molecule has 0 aliphatic heterocycles. The first-order valence-electron chi connectivity index (χ1n) is 5.87. The molecule has 0 unspecified atom stereocenters. The molecule has 2 aromatic carbocycles. The Morgan fingerprint density at radius 3 is 1.09 bits per heavy atom. The molecule has 2 rings (SSSR count). The van der Waals surface area contributed by atoms with Crippen molar-refractivity contribution in [3.63, 3.8) is 0 Å². The van der Waals surface area contributed by atoms with Gasteiger partial charge >= 0.3 is 50.3 Å². The molecule has 0 saturated carbocycles. The average Bonchev–Trinajstić information content (AvgIpc) is 2.32. The molecule has 0 fully saturated rings. The van der Waals surface area contributed by atoms with Crippen molar-refractivity contribution in [2.24, 2.45) is 0 Å². The molecular weight excluding hydrogens is 440 g/mol. The van der Waals surface area contributed by atoms with Crippen LogP contribution in [-0.4, -0.2) is 0 Å². The van der Waals surface area contributed by atoms with E-state index < -0.39 is 8.16 Å². The fourth-order valence-electron chi connectivity index (χ4n) is 1.32. The summed E-state index contributed by atoms with van der Waals surface area (Å²) in [4.78, 5) is 0. The normalized spacial score (nSPS) is 12.2. The first-order valence-corrected chi connectivity index (χ1v) is 9.71. The van der Waals surface area contributed by atoms with Crippen LogP contribution >= 0.6 is 8.16 Å². The second kappa shape index (κ2) is 8.15. The largest absolute Gasteiger partial charge is 1.00 e. The van der Waals surface area contributed by atoms with Gasteiger partial charge in [-0.1, -0.05) is 35.4 Å². The fourth-order valence-corrected chi connectivity index (χ4v) is 3.48. The Labute approximate surface area is 135 Å². The Hall–Kier alpha value is -0.820. The van der Waals surface area contributed by atoms with Crippen LogP contribution in [-0.2, 0) is 0 Å². The van der Waals surface area contributed by atoms with E-state index in [9.17, 15) is 21.0 Å². The van der Waals surface area contributed by atoms with Gasteiger partial charge in [-0.25, -0.2) is 0 Å². The van der Waals surface area contributed by atoms with Gasteiger partial charge in [0.05, 0.1) is 0 Å². The van der Waals surface area contributed by atoms with Gasteiger partial charge < -0.3 is 4.70 Å². The summed E-state index contributed by atoms with van der Waals surface area (Å²) in [7, 11) is -8.55. The van der Waals surface area contributed by atoms with E-state index >= 15 is 0 Å². The Morgan fingerprint density at radius 2 is 0.864 bits per heavy atom.